The van der Waals surface area contributed by atoms with Crippen LogP contribution in [0, 0.1) is 19.7 Å². The van der Waals surface area contributed by atoms with Gasteiger partial charge in [-0.25, -0.2) is 4.39 Å². The normalized spacial score (nSPS) is 12.2. The van der Waals surface area contributed by atoms with Crippen molar-refractivity contribution in [1.82, 2.24) is 0 Å². The number of halogens is 1. The van der Waals surface area contributed by atoms with Crippen molar-refractivity contribution in [2.24, 2.45) is 5.73 Å². The SMILES string of the molecule is Cc1ccc(COc2ccc([C@H](C)N)c(F)c2)cc1C. The third-order valence-corrected chi connectivity index (χ3v) is 3.44. The van der Waals surface area contributed by atoms with Crippen LogP contribution >= 0.6 is 0 Å². The second-order valence-electron chi connectivity index (χ2n) is 5.18. The van der Waals surface area contributed by atoms with Crippen molar-refractivity contribution in [3.05, 3.63) is 64.5 Å². The highest BCUT2D eigenvalue weighted by Crippen LogP contribution is 2.21. The van der Waals surface area contributed by atoms with Crippen molar-refractivity contribution < 1.29 is 9.13 Å². The Morgan fingerprint density at radius 1 is 1.10 bits per heavy atom. The van der Waals surface area contributed by atoms with Crippen molar-refractivity contribution in [1.29, 1.82) is 0 Å². The van der Waals surface area contributed by atoms with Gasteiger partial charge < -0.3 is 10.5 Å². The highest BCUT2D eigenvalue weighted by atomic mass is 19.1. The van der Waals surface area contributed by atoms with E-state index in [0.717, 1.165) is 5.56 Å². The topological polar surface area (TPSA) is 35.2 Å². The number of nitrogens with two attached hydrogens (primary N) is 1. The monoisotopic (exact) mass is 273 g/mol. The van der Waals surface area contributed by atoms with Gasteiger partial charge in [0.1, 0.15) is 18.2 Å². The fourth-order valence-corrected chi connectivity index (χ4v) is 2.03. The fourth-order valence-electron chi connectivity index (χ4n) is 2.03. The molecule has 0 bridgehead atoms. The molecule has 0 fully saturated rings. The lowest BCUT2D eigenvalue weighted by Gasteiger charge is -2.11. The van der Waals surface area contributed by atoms with Crippen LogP contribution in [0.3, 0.4) is 0 Å². The Morgan fingerprint density at radius 2 is 1.85 bits per heavy atom. The zero-order valence-corrected chi connectivity index (χ0v) is 12.1. The van der Waals surface area contributed by atoms with Gasteiger partial charge >= 0.3 is 0 Å². The molecular weight excluding hydrogens is 253 g/mol. The summed E-state index contributed by atoms with van der Waals surface area (Å²) in [6.07, 6.45) is 0. The molecule has 0 aliphatic carbocycles. The van der Waals surface area contributed by atoms with Gasteiger partial charge in [0.05, 0.1) is 0 Å². The Bertz CT molecular complexity index is 608. The molecule has 106 valence electrons. The number of ether oxygens (including phenoxy) is 1. The lowest BCUT2D eigenvalue weighted by molar-refractivity contribution is 0.304. The van der Waals surface area contributed by atoms with Gasteiger partial charge in [-0.2, -0.15) is 0 Å². The minimum Gasteiger partial charge on any atom is -0.489 e. The van der Waals surface area contributed by atoms with Gasteiger partial charge in [-0.1, -0.05) is 24.3 Å². The molecule has 1 atom stereocenters. The molecule has 2 aromatic carbocycles. The van der Waals surface area contributed by atoms with E-state index < -0.39 is 0 Å². The van der Waals surface area contributed by atoms with Gasteiger partial charge in [0, 0.05) is 17.7 Å². The summed E-state index contributed by atoms with van der Waals surface area (Å²) in [6.45, 7) is 6.32. The van der Waals surface area contributed by atoms with E-state index in [4.69, 9.17) is 10.5 Å². The highest BCUT2D eigenvalue weighted by molar-refractivity contribution is 5.32. The summed E-state index contributed by atoms with van der Waals surface area (Å²) >= 11 is 0. The van der Waals surface area contributed by atoms with Crippen molar-refractivity contribution >= 4 is 0 Å². The van der Waals surface area contributed by atoms with Gasteiger partial charge in [-0.15, -0.1) is 0 Å². The summed E-state index contributed by atoms with van der Waals surface area (Å²) in [5.41, 5.74) is 9.73. The summed E-state index contributed by atoms with van der Waals surface area (Å²) in [7, 11) is 0. The van der Waals surface area contributed by atoms with E-state index in [0.29, 0.717) is 17.9 Å². The van der Waals surface area contributed by atoms with E-state index in [9.17, 15) is 4.39 Å². The van der Waals surface area contributed by atoms with E-state index in [-0.39, 0.29) is 11.9 Å². The molecule has 2 aromatic rings. The van der Waals surface area contributed by atoms with Crippen LogP contribution in [0.15, 0.2) is 36.4 Å². The quantitative estimate of drug-likeness (QED) is 0.912. The number of hydrogen-bond acceptors (Lipinski definition) is 2. The number of benzene rings is 2. The van der Waals surface area contributed by atoms with Crippen LogP contribution in [0.2, 0.25) is 0 Å². The maximum absolute atomic E-state index is 13.8. The van der Waals surface area contributed by atoms with E-state index >= 15 is 0 Å². The van der Waals surface area contributed by atoms with Crippen molar-refractivity contribution in [2.45, 2.75) is 33.4 Å². The van der Waals surface area contributed by atoms with E-state index in [2.05, 4.69) is 26.0 Å². The summed E-state index contributed by atoms with van der Waals surface area (Å²) in [5, 5.41) is 0. The molecule has 0 aromatic heterocycles. The van der Waals surface area contributed by atoms with Gasteiger partial charge in [0.2, 0.25) is 0 Å². The van der Waals surface area contributed by atoms with Crippen LogP contribution in [-0.4, -0.2) is 0 Å². The molecule has 20 heavy (non-hydrogen) atoms. The summed E-state index contributed by atoms with van der Waals surface area (Å²) in [6, 6.07) is 10.7. The highest BCUT2D eigenvalue weighted by Gasteiger charge is 2.08. The Balaban J connectivity index is 2.07. The smallest absolute Gasteiger partial charge is 0.131 e. The molecule has 0 aliphatic heterocycles. The Hall–Kier alpha value is -1.87. The van der Waals surface area contributed by atoms with E-state index in [1.165, 1.54) is 17.2 Å². The lowest BCUT2D eigenvalue weighted by atomic mass is 10.1. The number of aryl methyl sites for hydroxylation is 2. The molecule has 0 saturated heterocycles. The molecule has 2 nitrogen and oxygen atoms in total. The molecule has 0 heterocycles. The van der Waals surface area contributed by atoms with Crippen molar-refractivity contribution in [2.75, 3.05) is 0 Å². The third-order valence-electron chi connectivity index (χ3n) is 3.44. The van der Waals surface area contributed by atoms with Crippen LogP contribution in [0.1, 0.15) is 35.2 Å². The average molecular weight is 273 g/mol. The predicted octanol–water partition coefficient (Wildman–Crippen LogP) is 4.04. The molecule has 2 N–H and O–H groups in total. The Kier molecular flexibility index (Phi) is 4.40. The molecule has 3 heteroatoms. The molecule has 0 spiro atoms. The number of rotatable bonds is 4. The summed E-state index contributed by atoms with van der Waals surface area (Å²) < 4.78 is 19.4. The molecule has 0 saturated carbocycles. The number of hydrogen-bond donors (Lipinski definition) is 1. The molecule has 2 rings (SSSR count). The average Bonchev–Trinajstić information content (AvgIpc) is 2.40. The minimum absolute atomic E-state index is 0.316. The van der Waals surface area contributed by atoms with Crippen LogP contribution in [-0.2, 0) is 6.61 Å². The lowest BCUT2D eigenvalue weighted by Crippen LogP contribution is -2.07. The maximum atomic E-state index is 13.8. The van der Waals surface area contributed by atoms with Gasteiger partial charge in [0.15, 0.2) is 0 Å². The second kappa shape index (κ2) is 6.06. The minimum atomic E-state index is -0.322. The molecule has 0 amide bonds. The first kappa shape index (κ1) is 14.5. The zero-order chi connectivity index (χ0) is 14.7. The first-order valence-corrected chi connectivity index (χ1v) is 6.71. The molecular formula is C17H20FNO. The molecule has 0 unspecified atom stereocenters. The summed E-state index contributed by atoms with van der Waals surface area (Å²) in [4.78, 5) is 0. The second-order valence-corrected chi connectivity index (χ2v) is 5.18. The van der Waals surface area contributed by atoms with Crippen molar-refractivity contribution in [3.8, 4) is 5.75 Å². The van der Waals surface area contributed by atoms with Gasteiger partial charge in [-0.3, -0.25) is 0 Å². The first-order chi connectivity index (χ1) is 9.47. The van der Waals surface area contributed by atoms with Gasteiger partial charge in [0.25, 0.3) is 0 Å². The largest absolute Gasteiger partial charge is 0.489 e. The van der Waals surface area contributed by atoms with Crippen LogP contribution in [0.4, 0.5) is 4.39 Å². The van der Waals surface area contributed by atoms with Crippen LogP contribution in [0.25, 0.3) is 0 Å². The van der Waals surface area contributed by atoms with Gasteiger partial charge in [-0.05, 0) is 43.5 Å². The van der Waals surface area contributed by atoms with Crippen molar-refractivity contribution in [3.63, 3.8) is 0 Å². The third kappa shape index (κ3) is 3.36. The Labute approximate surface area is 119 Å². The first-order valence-electron chi connectivity index (χ1n) is 6.71. The maximum Gasteiger partial charge on any atom is 0.131 e. The fraction of sp³-hybridized carbons (Fsp3) is 0.294. The summed E-state index contributed by atoms with van der Waals surface area (Å²) in [5.74, 6) is 0.197. The molecule has 0 radical (unpaired) electrons. The van der Waals surface area contributed by atoms with Crippen LogP contribution < -0.4 is 10.5 Å². The van der Waals surface area contributed by atoms with E-state index in [1.807, 2.05) is 6.07 Å². The standard InChI is InChI=1S/C17H20FNO/c1-11-4-5-14(8-12(11)2)10-20-15-6-7-16(13(3)19)17(18)9-15/h4-9,13H,10,19H2,1-3H3/t13-/m0/s1. The van der Waals surface area contributed by atoms with E-state index in [1.54, 1.807) is 19.1 Å². The zero-order valence-electron chi connectivity index (χ0n) is 12.1. The predicted molar refractivity (Wildman–Crippen MR) is 79.3 cm³/mol. The van der Waals surface area contributed by atoms with Crippen LogP contribution in [0.5, 0.6) is 5.75 Å². The molecule has 0 aliphatic rings. The Morgan fingerprint density at radius 3 is 2.45 bits per heavy atom.